The molecule has 142 valence electrons. The zero-order chi connectivity index (χ0) is 19.3. The number of para-hydroxylation sites is 1. The van der Waals surface area contributed by atoms with Crippen LogP contribution in [0.2, 0.25) is 0 Å². The van der Waals surface area contributed by atoms with Crippen LogP contribution in [0.15, 0.2) is 54.6 Å². The molecule has 1 N–H and O–H groups in total. The van der Waals surface area contributed by atoms with Crippen molar-refractivity contribution in [1.29, 1.82) is 0 Å². The number of nitrogens with one attached hydrogen (secondary N) is 1. The maximum atomic E-state index is 12.1. The minimum absolute atomic E-state index is 0.101. The molecule has 2 aromatic heterocycles. The number of hydrogen-bond donors (Lipinski definition) is 1. The van der Waals surface area contributed by atoms with Crippen molar-refractivity contribution in [2.75, 3.05) is 18.5 Å². The molecule has 0 bridgehead atoms. The topological polar surface area (TPSA) is 90.6 Å². The monoisotopic (exact) mass is 395 g/mol. The smallest absolute Gasteiger partial charge is 0.264 e. The average Bonchev–Trinajstić information content (AvgIpc) is 3.28. The largest absolute Gasteiger partial charge is 0.494 e. The van der Waals surface area contributed by atoms with Gasteiger partial charge in [-0.3, -0.25) is 10.1 Å². The van der Waals surface area contributed by atoms with E-state index in [0.717, 1.165) is 11.3 Å². The van der Waals surface area contributed by atoms with Gasteiger partial charge in [0.1, 0.15) is 11.5 Å². The van der Waals surface area contributed by atoms with Crippen molar-refractivity contribution in [3.8, 4) is 22.9 Å². The molecule has 2 heterocycles. The number of nitrogens with zero attached hydrogens (tertiary/aromatic N) is 4. The highest BCUT2D eigenvalue weighted by Crippen LogP contribution is 2.25. The van der Waals surface area contributed by atoms with Crippen LogP contribution in [-0.4, -0.2) is 38.9 Å². The summed E-state index contributed by atoms with van der Waals surface area (Å²) >= 11 is 1.24. The van der Waals surface area contributed by atoms with Crippen LogP contribution < -0.4 is 14.8 Å². The van der Waals surface area contributed by atoms with E-state index in [1.165, 1.54) is 11.3 Å². The summed E-state index contributed by atoms with van der Waals surface area (Å²) in [6, 6.07) is 16.7. The molecule has 9 heteroatoms. The maximum Gasteiger partial charge on any atom is 0.264 e. The van der Waals surface area contributed by atoms with Crippen molar-refractivity contribution in [3.63, 3.8) is 0 Å². The van der Waals surface area contributed by atoms with E-state index in [-0.39, 0.29) is 12.5 Å². The minimum atomic E-state index is -0.295. The average molecular weight is 395 g/mol. The zero-order valence-corrected chi connectivity index (χ0v) is 15.8. The van der Waals surface area contributed by atoms with Crippen molar-refractivity contribution in [2.24, 2.45) is 0 Å². The molecular weight excluding hydrogens is 378 g/mol. The molecule has 0 radical (unpaired) electrons. The van der Waals surface area contributed by atoms with Gasteiger partial charge in [0.15, 0.2) is 12.4 Å². The summed E-state index contributed by atoms with van der Waals surface area (Å²) in [4.78, 5) is 12.7. The summed E-state index contributed by atoms with van der Waals surface area (Å²) in [6.45, 7) is 2.44. The second-order valence-corrected chi connectivity index (χ2v) is 6.69. The predicted octanol–water partition coefficient (Wildman–Crippen LogP) is 3.27. The molecule has 0 saturated heterocycles. The summed E-state index contributed by atoms with van der Waals surface area (Å²) in [5, 5.41) is 15.9. The number of anilines is 1. The van der Waals surface area contributed by atoms with Gasteiger partial charge >= 0.3 is 0 Å². The molecule has 0 spiro atoms. The summed E-state index contributed by atoms with van der Waals surface area (Å²) in [5.41, 5.74) is 0.853. The Morgan fingerprint density at radius 3 is 2.54 bits per heavy atom. The first-order chi connectivity index (χ1) is 13.7. The van der Waals surface area contributed by atoms with Crippen LogP contribution in [0.3, 0.4) is 0 Å². The van der Waals surface area contributed by atoms with Crippen molar-refractivity contribution in [2.45, 2.75) is 6.92 Å². The third-order valence-corrected chi connectivity index (χ3v) is 4.59. The molecule has 0 aliphatic rings. The molecule has 0 fully saturated rings. The number of amides is 1. The van der Waals surface area contributed by atoms with Crippen LogP contribution >= 0.6 is 11.3 Å². The fourth-order valence-corrected chi connectivity index (χ4v) is 3.29. The Kier molecular flexibility index (Phi) is 5.16. The molecule has 4 rings (SSSR count). The first-order valence-electron chi connectivity index (χ1n) is 8.66. The molecule has 0 unspecified atom stereocenters. The van der Waals surface area contributed by atoms with Crippen molar-refractivity contribution in [3.05, 3.63) is 54.6 Å². The summed E-state index contributed by atoms with van der Waals surface area (Å²) in [7, 11) is 0. The molecule has 0 aliphatic carbocycles. The number of benzene rings is 2. The number of carbonyl (C=O) groups excluding carboxylic acids is 1. The SMILES string of the molecule is CCOc1ccc(-c2nnc3sc(NC(=O)COc4ccccc4)nn23)cc1. The number of aromatic nitrogens is 4. The van der Waals surface area contributed by atoms with Crippen LogP contribution in [-0.2, 0) is 4.79 Å². The first-order valence-corrected chi connectivity index (χ1v) is 9.48. The second kappa shape index (κ2) is 8.05. The van der Waals surface area contributed by atoms with E-state index in [2.05, 4.69) is 20.6 Å². The molecular formula is C19H17N5O3S. The highest BCUT2D eigenvalue weighted by Gasteiger charge is 2.15. The Hall–Kier alpha value is -3.46. The van der Waals surface area contributed by atoms with Crippen molar-refractivity contribution < 1.29 is 14.3 Å². The van der Waals surface area contributed by atoms with Crippen LogP contribution in [0.25, 0.3) is 16.3 Å². The van der Waals surface area contributed by atoms with Gasteiger partial charge in [-0.05, 0) is 43.3 Å². The Labute approximate surface area is 164 Å². The molecule has 2 aromatic carbocycles. The number of carbonyl (C=O) groups is 1. The minimum Gasteiger partial charge on any atom is -0.494 e. The van der Waals surface area contributed by atoms with Gasteiger partial charge in [0.2, 0.25) is 10.1 Å². The fraction of sp³-hybridized carbons (Fsp3) is 0.158. The molecule has 28 heavy (non-hydrogen) atoms. The molecule has 0 atom stereocenters. The fourth-order valence-electron chi connectivity index (χ4n) is 2.54. The standard InChI is InChI=1S/C19H17N5O3S/c1-2-26-15-10-8-13(9-11-15)17-21-22-19-24(17)23-18(28-19)20-16(25)12-27-14-6-4-3-5-7-14/h3-11H,2,12H2,1H3,(H,20,23,25). The molecule has 0 aliphatic heterocycles. The van der Waals surface area contributed by atoms with E-state index >= 15 is 0 Å². The second-order valence-electron chi connectivity index (χ2n) is 5.73. The Bertz CT molecular complexity index is 1080. The number of fused-ring (bicyclic) bond motifs is 1. The third kappa shape index (κ3) is 3.94. The van der Waals surface area contributed by atoms with Gasteiger partial charge in [0.05, 0.1) is 6.61 Å². The van der Waals surface area contributed by atoms with Gasteiger partial charge in [-0.2, -0.15) is 4.52 Å². The molecule has 4 aromatic rings. The van der Waals surface area contributed by atoms with E-state index in [1.807, 2.05) is 49.4 Å². The molecule has 0 saturated carbocycles. The van der Waals surface area contributed by atoms with Crippen LogP contribution in [0.1, 0.15) is 6.92 Å². The summed E-state index contributed by atoms with van der Waals surface area (Å²) < 4.78 is 12.5. The summed E-state index contributed by atoms with van der Waals surface area (Å²) in [5.74, 6) is 1.72. The highest BCUT2D eigenvalue weighted by atomic mass is 32.1. The predicted molar refractivity (Wildman–Crippen MR) is 106 cm³/mol. The van der Waals surface area contributed by atoms with Gasteiger partial charge in [0, 0.05) is 5.56 Å². The zero-order valence-electron chi connectivity index (χ0n) is 15.0. The first kappa shape index (κ1) is 17.9. The van der Waals surface area contributed by atoms with Gasteiger partial charge in [0.25, 0.3) is 5.91 Å². The highest BCUT2D eigenvalue weighted by molar-refractivity contribution is 7.20. The molecule has 8 nitrogen and oxygen atoms in total. The number of rotatable bonds is 7. The maximum absolute atomic E-state index is 12.1. The van der Waals surface area contributed by atoms with Gasteiger partial charge in [-0.15, -0.1) is 15.3 Å². The van der Waals surface area contributed by atoms with E-state index in [0.29, 0.717) is 28.3 Å². The Morgan fingerprint density at radius 2 is 1.79 bits per heavy atom. The van der Waals surface area contributed by atoms with Crippen LogP contribution in [0, 0.1) is 0 Å². The van der Waals surface area contributed by atoms with Crippen molar-refractivity contribution >= 4 is 27.3 Å². The van der Waals surface area contributed by atoms with E-state index in [9.17, 15) is 4.79 Å². The van der Waals surface area contributed by atoms with E-state index in [1.54, 1.807) is 16.6 Å². The quantitative estimate of drug-likeness (QED) is 0.516. The lowest BCUT2D eigenvalue weighted by atomic mass is 10.2. The van der Waals surface area contributed by atoms with Gasteiger partial charge in [-0.25, -0.2) is 0 Å². The normalized spacial score (nSPS) is 10.8. The summed E-state index contributed by atoms with van der Waals surface area (Å²) in [6.07, 6.45) is 0. The Balaban J connectivity index is 1.45. The number of ether oxygens (including phenoxy) is 2. The van der Waals surface area contributed by atoms with Crippen molar-refractivity contribution in [1.82, 2.24) is 19.8 Å². The van der Waals surface area contributed by atoms with E-state index < -0.39 is 0 Å². The lowest BCUT2D eigenvalue weighted by molar-refractivity contribution is -0.118. The lowest BCUT2D eigenvalue weighted by Gasteiger charge is -2.05. The van der Waals surface area contributed by atoms with Gasteiger partial charge < -0.3 is 9.47 Å². The lowest BCUT2D eigenvalue weighted by Crippen LogP contribution is -2.20. The number of hydrogen-bond acceptors (Lipinski definition) is 7. The Morgan fingerprint density at radius 1 is 1.04 bits per heavy atom. The van der Waals surface area contributed by atoms with Crippen LogP contribution in [0.4, 0.5) is 5.13 Å². The third-order valence-electron chi connectivity index (χ3n) is 3.77. The van der Waals surface area contributed by atoms with Crippen LogP contribution in [0.5, 0.6) is 11.5 Å². The van der Waals surface area contributed by atoms with Gasteiger partial charge in [-0.1, -0.05) is 29.5 Å². The van der Waals surface area contributed by atoms with E-state index in [4.69, 9.17) is 9.47 Å². The molecule has 1 amide bonds.